The van der Waals surface area contributed by atoms with Crippen LogP contribution in [0.4, 0.5) is 0 Å². The highest BCUT2D eigenvalue weighted by molar-refractivity contribution is 7.79. The molecule has 0 fully saturated rings. The van der Waals surface area contributed by atoms with E-state index in [1.54, 1.807) is 0 Å². The number of nitrogens with one attached hydrogen (secondary N) is 1. The molecular weight excluding hydrogens is 322 g/mol. The third-order valence-corrected chi connectivity index (χ3v) is 3.70. The maximum Gasteiger partial charge on any atom is 0.119 e. The van der Waals surface area contributed by atoms with Gasteiger partial charge in [0.15, 0.2) is 0 Å². The van der Waals surface area contributed by atoms with Crippen molar-refractivity contribution in [3.8, 4) is 5.75 Å². The third kappa shape index (κ3) is 7.05. The van der Waals surface area contributed by atoms with Crippen molar-refractivity contribution in [2.75, 3.05) is 26.3 Å². The van der Waals surface area contributed by atoms with E-state index in [0.29, 0.717) is 18.9 Å². The SMILES string of the molecule is OC[C@@H](O)[C@@H](O)[C@H](O)[C@@H](O)CNCCOc1ccc(CS)cc1. The standard InChI is InChI=1S/C15H25NO6S/c17-8-13(19)15(21)14(20)12(18)7-16-5-6-22-11-3-1-10(9-23)2-4-11/h1-4,12-21,23H,5-9H2/t12-,13+,14+,15+/m0/s1. The molecule has 0 aliphatic heterocycles. The number of hydrogen-bond acceptors (Lipinski definition) is 8. The minimum absolute atomic E-state index is 0.0122. The van der Waals surface area contributed by atoms with E-state index in [-0.39, 0.29) is 6.54 Å². The van der Waals surface area contributed by atoms with Crippen LogP contribution in [0.3, 0.4) is 0 Å². The Kier molecular flexibility index (Phi) is 9.49. The Morgan fingerprint density at radius 1 is 1.00 bits per heavy atom. The largest absolute Gasteiger partial charge is 0.492 e. The molecular formula is C15H25NO6S. The van der Waals surface area contributed by atoms with E-state index in [9.17, 15) is 20.4 Å². The second kappa shape index (κ2) is 10.8. The van der Waals surface area contributed by atoms with Crippen LogP contribution in [0.2, 0.25) is 0 Å². The average Bonchev–Trinajstić information content (AvgIpc) is 2.59. The minimum atomic E-state index is -1.61. The first-order valence-corrected chi connectivity index (χ1v) is 7.99. The first-order chi connectivity index (χ1) is 11.0. The number of benzene rings is 1. The van der Waals surface area contributed by atoms with Gasteiger partial charge in [0.2, 0.25) is 0 Å². The lowest BCUT2D eigenvalue weighted by atomic mass is 10.0. The molecule has 7 nitrogen and oxygen atoms in total. The zero-order chi connectivity index (χ0) is 17.2. The summed E-state index contributed by atoms with van der Waals surface area (Å²) in [4.78, 5) is 0. The molecule has 0 saturated carbocycles. The molecule has 0 bridgehead atoms. The van der Waals surface area contributed by atoms with E-state index < -0.39 is 31.0 Å². The highest BCUT2D eigenvalue weighted by atomic mass is 32.1. The van der Waals surface area contributed by atoms with E-state index in [1.807, 2.05) is 24.3 Å². The molecule has 0 saturated heterocycles. The Morgan fingerprint density at radius 3 is 2.17 bits per heavy atom. The van der Waals surface area contributed by atoms with Gasteiger partial charge in [0.05, 0.1) is 12.7 Å². The quantitative estimate of drug-likeness (QED) is 0.192. The van der Waals surface area contributed by atoms with Gasteiger partial charge in [-0.15, -0.1) is 0 Å². The van der Waals surface area contributed by atoms with Crippen molar-refractivity contribution in [1.29, 1.82) is 0 Å². The van der Waals surface area contributed by atoms with Gasteiger partial charge >= 0.3 is 0 Å². The van der Waals surface area contributed by atoms with E-state index in [1.165, 1.54) is 0 Å². The van der Waals surface area contributed by atoms with Crippen LogP contribution in [0.25, 0.3) is 0 Å². The molecule has 1 rings (SSSR count). The van der Waals surface area contributed by atoms with Gasteiger partial charge in [-0.2, -0.15) is 12.6 Å². The van der Waals surface area contributed by atoms with Gasteiger partial charge in [0.25, 0.3) is 0 Å². The van der Waals surface area contributed by atoms with Crippen LogP contribution in [0.5, 0.6) is 5.75 Å². The topological polar surface area (TPSA) is 122 Å². The van der Waals surface area contributed by atoms with E-state index >= 15 is 0 Å². The van der Waals surface area contributed by atoms with Gasteiger partial charge in [-0.3, -0.25) is 0 Å². The summed E-state index contributed by atoms with van der Waals surface area (Å²) in [6.45, 7) is 0.109. The number of aliphatic hydroxyl groups excluding tert-OH is 5. The van der Waals surface area contributed by atoms with Crippen LogP contribution in [0.15, 0.2) is 24.3 Å². The lowest BCUT2D eigenvalue weighted by molar-refractivity contribution is -0.114. The third-order valence-electron chi connectivity index (χ3n) is 3.33. The van der Waals surface area contributed by atoms with Crippen molar-refractivity contribution >= 4 is 12.6 Å². The summed E-state index contributed by atoms with van der Waals surface area (Å²) in [5, 5.41) is 49.5. The minimum Gasteiger partial charge on any atom is -0.492 e. The van der Waals surface area contributed by atoms with Crippen LogP contribution in [-0.4, -0.2) is 76.3 Å². The molecule has 23 heavy (non-hydrogen) atoms. The zero-order valence-corrected chi connectivity index (χ0v) is 13.6. The van der Waals surface area contributed by atoms with Gasteiger partial charge < -0.3 is 35.6 Å². The summed E-state index contributed by atoms with van der Waals surface area (Å²) in [5.74, 6) is 1.39. The van der Waals surface area contributed by atoms with Crippen molar-refractivity contribution in [2.45, 2.75) is 30.2 Å². The second-order valence-electron chi connectivity index (χ2n) is 5.15. The smallest absolute Gasteiger partial charge is 0.119 e. The van der Waals surface area contributed by atoms with E-state index in [2.05, 4.69) is 17.9 Å². The normalized spacial score (nSPS) is 16.6. The molecule has 0 spiro atoms. The first-order valence-electron chi connectivity index (χ1n) is 7.36. The summed E-state index contributed by atoms with van der Waals surface area (Å²) in [6.07, 6.45) is -5.94. The molecule has 1 aromatic rings. The molecule has 6 N–H and O–H groups in total. The molecule has 0 aromatic heterocycles. The summed E-state index contributed by atoms with van der Waals surface area (Å²) >= 11 is 4.17. The molecule has 0 aliphatic rings. The molecule has 0 amide bonds. The molecule has 0 radical (unpaired) electrons. The van der Waals surface area contributed by atoms with Crippen molar-refractivity contribution < 1.29 is 30.3 Å². The fourth-order valence-electron chi connectivity index (χ4n) is 1.87. The summed E-state index contributed by atoms with van der Waals surface area (Å²) < 4.78 is 5.50. The monoisotopic (exact) mass is 347 g/mol. The summed E-state index contributed by atoms with van der Waals surface area (Å²) in [7, 11) is 0. The Balaban J connectivity index is 2.20. The molecule has 4 atom stereocenters. The van der Waals surface area contributed by atoms with Crippen LogP contribution in [-0.2, 0) is 5.75 Å². The predicted octanol–water partition coefficient (Wildman–Crippen LogP) is -1.48. The first kappa shape index (κ1) is 20.2. The van der Waals surface area contributed by atoms with Gasteiger partial charge in [0, 0.05) is 18.8 Å². The molecule has 0 aliphatic carbocycles. The summed E-state index contributed by atoms with van der Waals surface area (Å²) in [6, 6.07) is 7.53. The van der Waals surface area contributed by atoms with Crippen LogP contribution >= 0.6 is 12.6 Å². The fourth-order valence-corrected chi connectivity index (χ4v) is 2.08. The van der Waals surface area contributed by atoms with Crippen LogP contribution in [0.1, 0.15) is 5.56 Å². The fraction of sp³-hybridized carbons (Fsp3) is 0.600. The van der Waals surface area contributed by atoms with Gasteiger partial charge in [0.1, 0.15) is 30.7 Å². The van der Waals surface area contributed by atoms with Crippen LogP contribution < -0.4 is 10.1 Å². The molecule has 8 heteroatoms. The number of thiol groups is 1. The second-order valence-corrected chi connectivity index (χ2v) is 5.47. The van der Waals surface area contributed by atoms with Crippen molar-refractivity contribution in [3.05, 3.63) is 29.8 Å². The maximum atomic E-state index is 9.69. The highest BCUT2D eigenvalue weighted by Gasteiger charge is 2.29. The molecule has 0 unspecified atom stereocenters. The number of hydrogen-bond donors (Lipinski definition) is 7. The van der Waals surface area contributed by atoms with Crippen molar-refractivity contribution in [2.24, 2.45) is 0 Å². The lowest BCUT2D eigenvalue weighted by Gasteiger charge is -2.25. The zero-order valence-electron chi connectivity index (χ0n) is 12.7. The number of rotatable bonds is 11. The van der Waals surface area contributed by atoms with E-state index in [4.69, 9.17) is 9.84 Å². The highest BCUT2D eigenvalue weighted by Crippen LogP contribution is 2.13. The number of ether oxygens (including phenoxy) is 1. The van der Waals surface area contributed by atoms with Crippen molar-refractivity contribution in [3.63, 3.8) is 0 Å². The van der Waals surface area contributed by atoms with Gasteiger partial charge in [-0.25, -0.2) is 0 Å². The lowest BCUT2D eigenvalue weighted by Crippen LogP contribution is -2.49. The predicted molar refractivity (Wildman–Crippen MR) is 88.6 cm³/mol. The molecule has 132 valence electrons. The summed E-state index contributed by atoms with van der Waals surface area (Å²) in [5.41, 5.74) is 1.10. The Bertz CT molecular complexity index is 432. The Hall–Kier alpha value is -0.870. The molecule has 0 heterocycles. The van der Waals surface area contributed by atoms with Crippen molar-refractivity contribution in [1.82, 2.24) is 5.32 Å². The van der Waals surface area contributed by atoms with Gasteiger partial charge in [-0.1, -0.05) is 12.1 Å². The Morgan fingerprint density at radius 2 is 1.61 bits per heavy atom. The van der Waals surface area contributed by atoms with Crippen LogP contribution in [0, 0.1) is 0 Å². The van der Waals surface area contributed by atoms with Gasteiger partial charge in [-0.05, 0) is 17.7 Å². The maximum absolute atomic E-state index is 9.69. The number of aliphatic hydroxyl groups is 5. The van der Waals surface area contributed by atoms with E-state index in [0.717, 1.165) is 11.3 Å². The Labute approximate surface area is 141 Å². The average molecular weight is 347 g/mol. The molecule has 1 aromatic carbocycles.